The molecular weight excluding hydrogens is 250 g/mol. The van der Waals surface area contributed by atoms with Gasteiger partial charge in [0.25, 0.3) is 0 Å². The minimum atomic E-state index is -0.924. The van der Waals surface area contributed by atoms with Crippen molar-refractivity contribution in [3.63, 3.8) is 0 Å². The van der Waals surface area contributed by atoms with E-state index in [4.69, 9.17) is 14.6 Å². The van der Waals surface area contributed by atoms with Crippen molar-refractivity contribution >= 4 is 12.1 Å². The van der Waals surface area contributed by atoms with Gasteiger partial charge in [0.05, 0.1) is 12.1 Å². The van der Waals surface area contributed by atoms with Crippen LogP contribution in [-0.4, -0.2) is 52.5 Å². The zero-order chi connectivity index (χ0) is 14.3. The number of likely N-dealkylation sites (tertiary alicyclic amines) is 1. The molecule has 0 aliphatic carbocycles. The SMILES string of the molecule is CC(C)(C)OC(=O)N1CC[C@]2(CC[C@H](C(=O)O)O2)C1. The number of rotatable bonds is 1. The Kier molecular flexibility index (Phi) is 3.47. The molecule has 1 spiro atoms. The summed E-state index contributed by atoms with van der Waals surface area (Å²) in [6.45, 7) is 6.45. The average Bonchev–Trinajstić information content (AvgIpc) is 2.85. The first kappa shape index (κ1) is 14.1. The second kappa shape index (κ2) is 4.67. The van der Waals surface area contributed by atoms with Crippen LogP contribution in [0, 0.1) is 0 Å². The van der Waals surface area contributed by atoms with Crippen molar-refractivity contribution in [1.29, 1.82) is 0 Å². The van der Waals surface area contributed by atoms with E-state index in [-0.39, 0.29) is 6.09 Å². The summed E-state index contributed by atoms with van der Waals surface area (Å²) in [5.74, 6) is -0.924. The molecule has 0 unspecified atom stereocenters. The third-order valence-corrected chi connectivity index (χ3v) is 3.50. The van der Waals surface area contributed by atoms with Crippen LogP contribution in [0.4, 0.5) is 4.79 Å². The molecule has 2 fully saturated rings. The Labute approximate surface area is 112 Å². The number of hydrogen-bond acceptors (Lipinski definition) is 4. The fraction of sp³-hybridized carbons (Fsp3) is 0.846. The molecule has 6 heteroatoms. The molecule has 0 aromatic heterocycles. The number of nitrogens with zero attached hydrogens (tertiary/aromatic N) is 1. The molecule has 0 radical (unpaired) electrons. The highest BCUT2D eigenvalue weighted by Gasteiger charge is 2.49. The molecule has 2 atom stereocenters. The third-order valence-electron chi connectivity index (χ3n) is 3.50. The van der Waals surface area contributed by atoms with Gasteiger partial charge in [-0.15, -0.1) is 0 Å². The number of carboxylic acid groups (broad SMARTS) is 1. The van der Waals surface area contributed by atoms with Crippen LogP contribution in [0.5, 0.6) is 0 Å². The fourth-order valence-electron chi connectivity index (χ4n) is 2.61. The van der Waals surface area contributed by atoms with Gasteiger partial charge in [-0.3, -0.25) is 0 Å². The number of carboxylic acids is 1. The normalized spacial score (nSPS) is 30.9. The fourth-order valence-corrected chi connectivity index (χ4v) is 2.61. The lowest BCUT2D eigenvalue weighted by molar-refractivity contribution is -0.153. The molecule has 2 heterocycles. The maximum Gasteiger partial charge on any atom is 0.410 e. The Morgan fingerprint density at radius 3 is 2.58 bits per heavy atom. The molecule has 6 nitrogen and oxygen atoms in total. The molecular formula is C13H21NO5. The summed E-state index contributed by atoms with van der Waals surface area (Å²) in [5, 5.41) is 8.95. The molecule has 2 aliphatic rings. The standard InChI is InChI=1S/C13H21NO5/c1-12(2,3)19-11(17)14-7-6-13(8-14)5-4-9(18-13)10(15)16/h9H,4-8H2,1-3H3,(H,15,16)/t9-,13-/m1/s1. The molecule has 0 bridgehead atoms. The summed E-state index contributed by atoms with van der Waals surface area (Å²) in [5.41, 5.74) is -1.01. The molecule has 2 saturated heterocycles. The maximum absolute atomic E-state index is 11.9. The van der Waals surface area contributed by atoms with Crippen LogP contribution in [0.3, 0.4) is 0 Å². The predicted octanol–water partition coefficient (Wildman–Crippen LogP) is 1.63. The van der Waals surface area contributed by atoms with E-state index in [2.05, 4.69) is 0 Å². The molecule has 1 N–H and O–H groups in total. The minimum Gasteiger partial charge on any atom is -0.479 e. The van der Waals surface area contributed by atoms with Crippen LogP contribution in [0.2, 0.25) is 0 Å². The van der Waals surface area contributed by atoms with Crippen molar-refractivity contribution in [3.05, 3.63) is 0 Å². The molecule has 2 aliphatic heterocycles. The van der Waals surface area contributed by atoms with Crippen molar-refractivity contribution in [2.24, 2.45) is 0 Å². The molecule has 19 heavy (non-hydrogen) atoms. The Hall–Kier alpha value is -1.30. The van der Waals surface area contributed by atoms with E-state index in [1.165, 1.54) is 0 Å². The van der Waals surface area contributed by atoms with Gasteiger partial charge in [0.1, 0.15) is 5.60 Å². The van der Waals surface area contributed by atoms with Gasteiger partial charge in [0, 0.05) is 6.54 Å². The molecule has 0 aromatic rings. The van der Waals surface area contributed by atoms with E-state index in [1.54, 1.807) is 4.90 Å². The van der Waals surface area contributed by atoms with E-state index in [0.29, 0.717) is 32.4 Å². The summed E-state index contributed by atoms with van der Waals surface area (Å²) in [7, 11) is 0. The van der Waals surface area contributed by atoms with Gasteiger partial charge < -0.3 is 19.5 Å². The summed E-state index contributed by atoms with van der Waals surface area (Å²) in [6, 6.07) is 0. The highest BCUT2D eigenvalue weighted by molar-refractivity contribution is 5.73. The van der Waals surface area contributed by atoms with Crippen molar-refractivity contribution in [1.82, 2.24) is 4.90 Å². The van der Waals surface area contributed by atoms with Gasteiger partial charge in [0.2, 0.25) is 0 Å². The number of carbonyl (C=O) groups is 2. The maximum atomic E-state index is 11.9. The molecule has 2 rings (SSSR count). The monoisotopic (exact) mass is 271 g/mol. The van der Waals surface area contributed by atoms with Crippen LogP contribution in [-0.2, 0) is 14.3 Å². The third kappa shape index (κ3) is 3.18. The average molecular weight is 271 g/mol. The van der Waals surface area contributed by atoms with Gasteiger partial charge in [-0.05, 0) is 40.0 Å². The van der Waals surface area contributed by atoms with Gasteiger partial charge in [-0.25, -0.2) is 9.59 Å². The largest absolute Gasteiger partial charge is 0.479 e. The first-order valence-electron chi connectivity index (χ1n) is 6.59. The lowest BCUT2D eigenvalue weighted by Gasteiger charge is -2.26. The highest BCUT2D eigenvalue weighted by Crippen LogP contribution is 2.38. The van der Waals surface area contributed by atoms with Crippen LogP contribution in [0.15, 0.2) is 0 Å². The molecule has 0 aromatic carbocycles. The summed E-state index contributed by atoms with van der Waals surface area (Å²) >= 11 is 0. The van der Waals surface area contributed by atoms with E-state index in [9.17, 15) is 9.59 Å². The number of ether oxygens (including phenoxy) is 2. The quantitative estimate of drug-likeness (QED) is 0.784. The van der Waals surface area contributed by atoms with Gasteiger partial charge in [0.15, 0.2) is 6.10 Å². The number of aliphatic carboxylic acids is 1. The van der Waals surface area contributed by atoms with Gasteiger partial charge in [-0.2, -0.15) is 0 Å². The van der Waals surface area contributed by atoms with Gasteiger partial charge in [-0.1, -0.05) is 0 Å². The second-order valence-electron chi connectivity index (χ2n) is 6.32. The van der Waals surface area contributed by atoms with Crippen LogP contribution >= 0.6 is 0 Å². The minimum absolute atomic E-state index is 0.355. The first-order chi connectivity index (χ1) is 8.71. The molecule has 0 saturated carbocycles. The van der Waals surface area contributed by atoms with Crippen molar-refractivity contribution < 1.29 is 24.2 Å². The first-order valence-corrected chi connectivity index (χ1v) is 6.59. The van der Waals surface area contributed by atoms with Crippen molar-refractivity contribution in [2.45, 2.75) is 57.3 Å². The zero-order valence-electron chi connectivity index (χ0n) is 11.6. The summed E-state index contributed by atoms with van der Waals surface area (Å²) in [6.07, 6.45) is 0.780. The van der Waals surface area contributed by atoms with E-state index in [0.717, 1.165) is 0 Å². The van der Waals surface area contributed by atoms with Crippen LogP contribution in [0.1, 0.15) is 40.0 Å². The lowest BCUT2D eigenvalue weighted by Crippen LogP contribution is -2.39. The van der Waals surface area contributed by atoms with E-state index < -0.39 is 23.3 Å². The smallest absolute Gasteiger partial charge is 0.410 e. The zero-order valence-corrected chi connectivity index (χ0v) is 11.6. The number of hydrogen-bond donors (Lipinski definition) is 1. The number of carbonyl (C=O) groups excluding carboxylic acids is 1. The molecule has 1 amide bonds. The van der Waals surface area contributed by atoms with Crippen molar-refractivity contribution in [3.8, 4) is 0 Å². The second-order valence-corrected chi connectivity index (χ2v) is 6.32. The Bertz CT molecular complexity index is 389. The Balaban J connectivity index is 1.93. The molecule has 108 valence electrons. The topological polar surface area (TPSA) is 76.1 Å². The van der Waals surface area contributed by atoms with E-state index >= 15 is 0 Å². The van der Waals surface area contributed by atoms with Crippen molar-refractivity contribution in [2.75, 3.05) is 13.1 Å². The van der Waals surface area contributed by atoms with Gasteiger partial charge >= 0.3 is 12.1 Å². The van der Waals surface area contributed by atoms with Crippen LogP contribution < -0.4 is 0 Å². The predicted molar refractivity (Wildman–Crippen MR) is 66.9 cm³/mol. The summed E-state index contributed by atoms with van der Waals surface area (Å²) in [4.78, 5) is 24.5. The highest BCUT2D eigenvalue weighted by atomic mass is 16.6. The Morgan fingerprint density at radius 2 is 2.05 bits per heavy atom. The summed E-state index contributed by atoms with van der Waals surface area (Å²) < 4.78 is 10.9. The Morgan fingerprint density at radius 1 is 1.37 bits per heavy atom. The van der Waals surface area contributed by atoms with E-state index in [1.807, 2.05) is 20.8 Å². The lowest BCUT2D eigenvalue weighted by atomic mass is 9.99. The van der Waals surface area contributed by atoms with Crippen LogP contribution in [0.25, 0.3) is 0 Å². The number of amides is 1.